The van der Waals surface area contributed by atoms with Crippen LogP contribution >= 0.6 is 0 Å². The second-order valence-electron chi connectivity index (χ2n) is 3.63. The molecule has 0 atom stereocenters. The Bertz CT molecular complexity index is 471. The summed E-state index contributed by atoms with van der Waals surface area (Å²) < 4.78 is 26.0. The largest absolute Gasteiger partial charge is 0.322 e. The van der Waals surface area contributed by atoms with Gasteiger partial charge in [-0.15, -0.1) is 0 Å². The van der Waals surface area contributed by atoms with Crippen LogP contribution in [0.25, 0.3) is 0 Å². The van der Waals surface area contributed by atoms with Gasteiger partial charge in [0.05, 0.1) is 11.8 Å². The summed E-state index contributed by atoms with van der Waals surface area (Å²) in [6.45, 7) is 2.17. The summed E-state index contributed by atoms with van der Waals surface area (Å²) in [5, 5.41) is 10.9. The summed E-state index contributed by atoms with van der Waals surface area (Å²) in [6, 6.07) is 4.15. The van der Waals surface area contributed by atoms with Crippen molar-refractivity contribution in [1.29, 1.82) is 5.26 Å². The minimum Gasteiger partial charge on any atom is -0.311 e. The second kappa shape index (κ2) is 6.55. The van der Waals surface area contributed by atoms with Gasteiger partial charge in [0.15, 0.2) is 0 Å². The van der Waals surface area contributed by atoms with Gasteiger partial charge >= 0.3 is 6.03 Å². The topological polar surface area (TPSA) is 56.1 Å². The molecule has 0 unspecified atom stereocenters. The van der Waals surface area contributed by atoms with E-state index in [4.69, 9.17) is 5.26 Å². The molecule has 0 radical (unpaired) electrons. The molecular weight excluding hydrogens is 240 g/mol. The van der Waals surface area contributed by atoms with Crippen molar-refractivity contribution in [2.45, 2.75) is 13.3 Å². The maximum absolute atomic E-state index is 13.3. The van der Waals surface area contributed by atoms with Gasteiger partial charge in [-0.05, 0) is 18.6 Å². The minimum atomic E-state index is -0.850. The maximum atomic E-state index is 13.3. The third-order valence-corrected chi connectivity index (χ3v) is 2.22. The molecule has 0 heterocycles. The Kier molecular flexibility index (Phi) is 5.06. The maximum Gasteiger partial charge on any atom is 0.322 e. The van der Waals surface area contributed by atoms with E-state index >= 15 is 0 Å². The predicted octanol–water partition coefficient (Wildman–Crippen LogP) is 2.73. The van der Waals surface area contributed by atoms with Crippen molar-refractivity contribution in [3.8, 4) is 6.07 Å². The Morgan fingerprint density at radius 3 is 2.78 bits per heavy atom. The predicted molar refractivity (Wildman–Crippen MR) is 62.9 cm³/mol. The molecule has 0 aliphatic carbocycles. The summed E-state index contributed by atoms with van der Waals surface area (Å²) in [5.74, 6) is -1.57. The average Bonchev–Trinajstić information content (AvgIpc) is 2.32. The Balaban J connectivity index is 2.76. The molecule has 0 saturated carbocycles. The van der Waals surface area contributed by atoms with Crippen LogP contribution in [0.4, 0.5) is 19.3 Å². The number of hydrogen-bond acceptors (Lipinski definition) is 2. The number of hydrogen-bond donors (Lipinski definition) is 1. The first-order valence-electron chi connectivity index (χ1n) is 5.46. The fourth-order valence-corrected chi connectivity index (χ4v) is 1.39. The van der Waals surface area contributed by atoms with Crippen LogP contribution in [0.5, 0.6) is 0 Å². The van der Waals surface area contributed by atoms with E-state index < -0.39 is 17.7 Å². The lowest BCUT2D eigenvalue weighted by Crippen LogP contribution is -2.36. The smallest absolute Gasteiger partial charge is 0.311 e. The fourth-order valence-electron chi connectivity index (χ4n) is 1.39. The van der Waals surface area contributed by atoms with Gasteiger partial charge in [-0.2, -0.15) is 5.26 Å². The molecule has 0 aliphatic heterocycles. The molecule has 1 N–H and O–H groups in total. The van der Waals surface area contributed by atoms with Gasteiger partial charge in [-0.3, -0.25) is 0 Å². The standard InChI is InChI=1S/C12H13F2N3O/c1-2-6-17(7-5-15)12(18)16-11-4-3-9(13)8-10(11)14/h3-4,8H,2,6-7H2,1H3,(H,16,18). The van der Waals surface area contributed by atoms with Crippen molar-refractivity contribution < 1.29 is 13.6 Å². The zero-order valence-corrected chi connectivity index (χ0v) is 9.91. The molecule has 4 nitrogen and oxygen atoms in total. The Labute approximate surface area is 104 Å². The van der Waals surface area contributed by atoms with E-state index in [0.717, 1.165) is 12.1 Å². The number of nitrogens with one attached hydrogen (secondary N) is 1. The van der Waals surface area contributed by atoms with Crippen LogP contribution in [0.3, 0.4) is 0 Å². The van der Waals surface area contributed by atoms with E-state index in [0.29, 0.717) is 19.0 Å². The number of benzene rings is 1. The van der Waals surface area contributed by atoms with Gasteiger partial charge in [0.2, 0.25) is 0 Å². The number of anilines is 1. The van der Waals surface area contributed by atoms with Gasteiger partial charge in [-0.25, -0.2) is 13.6 Å². The number of amides is 2. The van der Waals surface area contributed by atoms with Gasteiger partial charge in [0.1, 0.15) is 18.2 Å². The lowest BCUT2D eigenvalue weighted by molar-refractivity contribution is 0.217. The average molecular weight is 253 g/mol. The fraction of sp³-hybridized carbons (Fsp3) is 0.333. The summed E-state index contributed by atoms with van der Waals surface area (Å²) in [4.78, 5) is 13.0. The number of rotatable bonds is 4. The van der Waals surface area contributed by atoms with Crippen LogP contribution in [-0.2, 0) is 0 Å². The highest BCUT2D eigenvalue weighted by Gasteiger charge is 2.14. The molecular formula is C12H13F2N3O. The second-order valence-corrected chi connectivity index (χ2v) is 3.63. The van der Waals surface area contributed by atoms with Crippen molar-refractivity contribution in [2.24, 2.45) is 0 Å². The zero-order valence-electron chi connectivity index (χ0n) is 9.91. The molecule has 0 saturated heterocycles. The number of carbonyl (C=O) groups is 1. The third kappa shape index (κ3) is 3.70. The van der Waals surface area contributed by atoms with Crippen molar-refractivity contribution in [1.82, 2.24) is 4.90 Å². The highest BCUT2D eigenvalue weighted by Crippen LogP contribution is 2.15. The molecule has 0 aliphatic rings. The quantitative estimate of drug-likeness (QED) is 0.839. The molecule has 96 valence electrons. The molecule has 0 spiro atoms. The first-order chi connectivity index (χ1) is 8.58. The Morgan fingerprint density at radius 2 is 2.22 bits per heavy atom. The molecule has 0 fully saturated rings. The van der Waals surface area contributed by atoms with E-state index in [1.165, 1.54) is 4.90 Å². The number of urea groups is 1. The van der Waals surface area contributed by atoms with E-state index in [2.05, 4.69) is 5.32 Å². The van der Waals surface area contributed by atoms with Gasteiger partial charge in [0, 0.05) is 12.6 Å². The first-order valence-corrected chi connectivity index (χ1v) is 5.46. The summed E-state index contributed by atoms with van der Waals surface area (Å²) >= 11 is 0. The van der Waals surface area contributed by atoms with Crippen molar-refractivity contribution in [2.75, 3.05) is 18.4 Å². The highest BCUT2D eigenvalue weighted by molar-refractivity contribution is 5.89. The van der Waals surface area contributed by atoms with Gasteiger partial charge < -0.3 is 10.2 Å². The monoisotopic (exact) mass is 253 g/mol. The summed E-state index contributed by atoms with van der Waals surface area (Å²) in [7, 11) is 0. The van der Waals surface area contributed by atoms with Crippen molar-refractivity contribution in [3.63, 3.8) is 0 Å². The molecule has 1 aromatic rings. The van der Waals surface area contributed by atoms with E-state index in [1.54, 1.807) is 0 Å². The van der Waals surface area contributed by atoms with Gasteiger partial charge in [0.25, 0.3) is 0 Å². The van der Waals surface area contributed by atoms with Crippen molar-refractivity contribution in [3.05, 3.63) is 29.8 Å². The number of halogens is 2. The summed E-state index contributed by atoms with van der Waals surface area (Å²) in [5.41, 5.74) is -0.111. The molecule has 0 aromatic heterocycles. The number of nitrogens with zero attached hydrogens (tertiary/aromatic N) is 2. The van der Waals surface area contributed by atoms with E-state index in [-0.39, 0.29) is 12.2 Å². The Morgan fingerprint density at radius 1 is 1.50 bits per heavy atom. The van der Waals surface area contributed by atoms with Crippen LogP contribution in [0, 0.1) is 23.0 Å². The van der Waals surface area contributed by atoms with Crippen LogP contribution in [0.1, 0.15) is 13.3 Å². The van der Waals surface area contributed by atoms with Crippen molar-refractivity contribution >= 4 is 11.7 Å². The Hall–Kier alpha value is -2.16. The summed E-state index contributed by atoms with van der Waals surface area (Å²) in [6.07, 6.45) is 0.682. The lowest BCUT2D eigenvalue weighted by atomic mass is 10.3. The number of carbonyl (C=O) groups excluding carboxylic acids is 1. The molecule has 2 amide bonds. The van der Waals surface area contributed by atoms with Crippen LogP contribution < -0.4 is 5.32 Å². The van der Waals surface area contributed by atoms with Crippen LogP contribution in [-0.4, -0.2) is 24.0 Å². The normalized spacial score (nSPS) is 9.67. The molecule has 0 bridgehead atoms. The zero-order chi connectivity index (χ0) is 13.5. The minimum absolute atomic E-state index is 0.0809. The molecule has 1 aromatic carbocycles. The first kappa shape index (κ1) is 13.9. The van der Waals surface area contributed by atoms with Crippen LogP contribution in [0.2, 0.25) is 0 Å². The molecule has 1 rings (SSSR count). The molecule has 18 heavy (non-hydrogen) atoms. The van der Waals surface area contributed by atoms with Crippen LogP contribution in [0.15, 0.2) is 18.2 Å². The van der Waals surface area contributed by atoms with E-state index in [9.17, 15) is 13.6 Å². The lowest BCUT2D eigenvalue weighted by Gasteiger charge is -2.19. The molecule has 6 heteroatoms. The van der Waals surface area contributed by atoms with Gasteiger partial charge in [-0.1, -0.05) is 6.92 Å². The highest BCUT2D eigenvalue weighted by atomic mass is 19.1. The SMILES string of the molecule is CCCN(CC#N)C(=O)Nc1ccc(F)cc1F. The number of nitriles is 1. The third-order valence-electron chi connectivity index (χ3n) is 2.22. The van der Waals surface area contributed by atoms with E-state index in [1.807, 2.05) is 13.0 Å².